The third kappa shape index (κ3) is 3.87. The van der Waals surface area contributed by atoms with Gasteiger partial charge in [0.25, 0.3) is 0 Å². The number of hydrogen-bond donors (Lipinski definition) is 2. The zero-order valence-corrected chi connectivity index (χ0v) is 15.2. The van der Waals surface area contributed by atoms with Crippen LogP contribution in [0.4, 0.5) is 0 Å². The molecule has 24 heavy (non-hydrogen) atoms. The van der Waals surface area contributed by atoms with Gasteiger partial charge in [0.15, 0.2) is 0 Å². The minimum absolute atomic E-state index is 0.224. The van der Waals surface area contributed by atoms with E-state index >= 15 is 0 Å². The lowest BCUT2D eigenvalue weighted by molar-refractivity contribution is 0.0697. The van der Waals surface area contributed by atoms with E-state index in [4.69, 9.17) is 5.11 Å². The Balaban J connectivity index is 1.64. The standard InChI is InChI=1S/C20H22BrNO2/c21-18-9-7-17(8-10-18)20(11-1-2-12-20)14-22-13-15-3-5-16(6-4-15)19(23)24/h3-10,22H,1-2,11-14H2,(H,23,24). The number of aromatic carboxylic acids is 1. The molecule has 0 atom stereocenters. The Labute approximate surface area is 151 Å². The smallest absolute Gasteiger partial charge is 0.335 e. The Kier molecular flexibility index (Phi) is 5.36. The molecule has 126 valence electrons. The first-order chi connectivity index (χ1) is 11.6. The molecular formula is C20H22BrNO2. The van der Waals surface area contributed by atoms with Crippen LogP contribution in [-0.2, 0) is 12.0 Å². The van der Waals surface area contributed by atoms with Crippen molar-refractivity contribution in [3.63, 3.8) is 0 Å². The number of rotatable bonds is 6. The molecule has 0 amide bonds. The van der Waals surface area contributed by atoms with Crippen molar-refractivity contribution in [2.45, 2.75) is 37.6 Å². The van der Waals surface area contributed by atoms with Gasteiger partial charge in [-0.1, -0.05) is 53.0 Å². The van der Waals surface area contributed by atoms with Crippen molar-refractivity contribution in [1.29, 1.82) is 0 Å². The highest BCUT2D eigenvalue weighted by atomic mass is 79.9. The first-order valence-electron chi connectivity index (χ1n) is 8.38. The molecule has 2 N–H and O–H groups in total. The summed E-state index contributed by atoms with van der Waals surface area (Å²) in [6.45, 7) is 1.72. The van der Waals surface area contributed by atoms with Crippen LogP contribution >= 0.6 is 15.9 Å². The fraction of sp³-hybridized carbons (Fsp3) is 0.350. The fourth-order valence-corrected chi connectivity index (χ4v) is 3.90. The number of carboxylic acid groups (broad SMARTS) is 1. The molecule has 2 aromatic carbocycles. The van der Waals surface area contributed by atoms with Gasteiger partial charge in [-0.3, -0.25) is 0 Å². The highest BCUT2D eigenvalue weighted by Gasteiger charge is 2.35. The van der Waals surface area contributed by atoms with Gasteiger partial charge in [0.2, 0.25) is 0 Å². The van der Waals surface area contributed by atoms with E-state index in [0.717, 1.165) is 23.1 Å². The van der Waals surface area contributed by atoms with Crippen molar-refractivity contribution in [3.8, 4) is 0 Å². The molecule has 1 saturated carbocycles. The topological polar surface area (TPSA) is 49.3 Å². The second-order valence-corrected chi connectivity index (χ2v) is 7.52. The molecule has 0 radical (unpaired) electrons. The van der Waals surface area contributed by atoms with Crippen molar-refractivity contribution in [2.75, 3.05) is 6.54 Å². The molecule has 3 rings (SSSR count). The van der Waals surface area contributed by atoms with Crippen LogP contribution in [0.2, 0.25) is 0 Å². The summed E-state index contributed by atoms with van der Waals surface area (Å²) < 4.78 is 1.12. The molecule has 1 fully saturated rings. The number of hydrogen-bond acceptors (Lipinski definition) is 2. The summed E-state index contributed by atoms with van der Waals surface area (Å²) in [7, 11) is 0. The Bertz CT molecular complexity index is 689. The van der Waals surface area contributed by atoms with Crippen molar-refractivity contribution >= 4 is 21.9 Å². The van der Waals surface area contributed by atoms with Crippen LogP contribution in [0.25, 0.3) is 0 Å². The largest absolute Gasteiger partial charge is 0.478 e. The molecule has 0 aromatic heterocycles. The van der Waals surface area contributed by atoms with Crippen LogP contribution in [-0.4, -0.2) is 17.6 Å². The Morgan fingerprint density at radius 3 is 2.25 bits per heavy atom. The van der Waals surface area contributed by atoms with E-state index in [2.05, 4.69) is 45.5 Å². The highest BCUT2D eigenvalue weighted by molar-refractivity contribution is 9.10. The molecule has 1 aliphatic rings. The Hall–Kier alpha value is -1.65. The van der Waals surface area contributed by atoms with Gasteiger partial charge in [0.05, 0.1) is 5.56 Å². The predicted molar refractivity (Wildman–Crippen MR) is 99.4 cm³/mol. The minimum Gasteiger partial charge on any atom is -0.478 e. The maximum Gasteiger partial charge on any atom is 0.335 e. The summed E-state index contributed by atoms with van der Waals surface area (Å²) in [5.41, 5.74) is 3.09. The molecule has 0 saturated heterocycles. The Morgan fingerprint density at radius 2 is 1.67 bits per heavy atom. The van der Waals surface area contributed by atoms with E-state index in [0.29, 0.717) is 5.56 Å². The predicted octanol–water partition coefficient (Wildman–Crippen LogP) is 4.75. The zero-order chi connectivity index (χ0) is 17.0. The molecular weight excluding hydrogens is 366 g/mol. The van der Waals surface area contributed by atoms with E-state index in [1.807, 2.05) is 12.1 Å². The van der Waals surface area contributed by atoms with Crippen LogP contribution in [0.15, 0.2) is 53.0 Å². The lowest BCUT2D eigenvalue weighted by atomic mass is 9.79. The normalized spacial score (nSPS) is 16.2. The summed E-state index contributed by atoms with van der Waals surface area (Å²) in [6, 6.07) is 15.8. The fourth-order valence-electron chi connectivity index (χ4n) is 3.63. The van der Waals surface area contributed by atoms with Crippen LogP contribution in [0.1, 0.15) is 47.2 Å². The first kappa shape index (κ1) is 17.2. The van der Waals surface area contributed by atoms with Gasteiger partial charge in [-0.2, -0.15) is 0 Å². The monoisotopic (exact) mass is 387 g/mol. The lowest BCUT2D eigenvalue weighted by Crippen LogP contribution is -2.35. The molecule has 0 heterocycles. The minimum atomic E-state index is -0.880. The maximum atomic E-state index is 10.9. The van der Waals surface area contributed by atoms with Gasteiger partial charge in [-0.05, 0) is 48.2 Å². The molecule has 0 aliphatic heterocycles. The maximum absolute atomic E-state index is 10.9. The molecule has 3 nitrogen and oxygen atoms in total. The SMILES string of the molecule is O=C(O)c1ccc(CNCC2(c3ccc(Br)cc3)CCCC2)cc1. The quantitative estimate of drug-likeness (QED) is 0.751. The van der Waals surface area contributed by atoms with Crippen molar-refractivity contribution in [3.05, 3.63) is 69.7 Å². The molecule has 0 bridgehead atoms. The average molecular weight is 388 g/mol. The van der Waals surface area contributed by atoms with Crippen molar-refractivity contribution < 1.29 is 9.90 Å². The van der Waals surface area contributed by atoms with Gasteiger partial charge >= 0.3 is 5.97 Å². The Morgan fingerprint density at radius 1 is 1.04 bits per heavy atom. The zero-order valence-electron chi connectivity index (χ0n) is 13.6. The van der Waals surface area contributed by atoms with Gasteiger partial charge in [0, 0.05) is 23.0 Å². The number of halogens is 1. The average Bonchev–Trinajstić information content (AvgIpc) is 3.06. The van der Waals surface area contributed by atoms with E-state index in [1.165, 1.54) is 31.2 Å². The van der Waals surface area contributed by atoms with Crippen LogP contribution in [0, 0.1) is 0 Å². The van der Waals surface area contributed by atoms with Crippen LogP contribution in [0.3, 0.4) is 0 Å². The second-order valence-electron chi connectivity index (χ2n) is 6.60. The highest BCUT2D eigenvalue weighted by Crippen LogP contribution is 2.41. The third-order valence-corrected chi connectivity index (χ3v) is 5.54. The van der Waals surface area contributed by atoms with Gasteiger partial charge in [0.1, 0.15) is 0 Å². The summed E-state index contributed by atoms with van der Waals surface area (Å²) in [5, 5.41) is 12.5. The van der Waals surface area contributed by atoms with Crippen molar-refractivity contribution in [1.82, 2.24) is 5.32 Å². The van der Waals surface area contributed by atoms with Crippen LogP contribution < -0.4 is 5.32 Å². The van der Waals surface area contributed by atoms with Gasteiger partial charge in [-0.25, -0.2) is 4.79 Å². The molecule has 0 spiro atoms. The van der Waals surface area contributed by atoms with E-state index in [9.17, 15) is 4.79 Å². The first-order valence-corrected chi connectivity index (χ1v) is 9.17. The number of carboxylic acids is 1. The van der Waals surface area contributed by atoms with Crippen molar-refractivity contribution in [2.24, 2.45) is 0 Å². The number of nitrogens with one attached hydrogen (secondary N) is 1. The molecule has 2 aromatic rings. The lowest BCUT2D eigenvalue weighted by Gasteiger charge is -2.30. The van der Waals surface area contributed by atoms with E-state index in [1.54, 1.807) is 12.1 Å². The number of carbonyl (C=O) groups is 1. The summed E-state index contributed by atoms with van der Waals surface area (Å²) in [4.78, 5) is 10.9. The molecule has 4 heteroatoms. The van der Waals surface area contributed by atoms with E-state index in [-0.39, 0.29) is 5.41 Å². The number of benzene rings is 2. The summed E-state index contributed by atoms with van der Waals surface area (Å²) in [5.74, 6) is -0.880. The van der Waals surface area contributed by atoms with Gasteiger partial charge < -0.3 is 10.4 Å². The van der Waals surface area contributed by atoms with E-state index < -0.39 is 5.97 Å². The molecule has 1 aliphatic carbocycles. The summed E-state index contributed by atoms with van der Waals surface area (Å²) >= 11 is 3.51. The summed E-state index contributed by atoms with van der Waals surface area (Å²) in [6.07, 6.45) is 5.01. The van der Waals surface area contributed by atoms with Gasteiger partial charge in [-0.15, -0.1) is 0 Å². The molecule has 0 unspecified atom stereocenters. The van der Waals surface area contributed by atoms with Crippen LogP contribution in [0.5, 0.6) is 0 Å². The third-order valence-electron chi connectivity index (χ3n) is 5.01. The second kappa shape index (κ2) is 7.49.